The monoisotopic (exact) mass is 357 g/mol. The van der Waals surface area contributed by atoms with E-state index in [1.54, 1.807) is 12.3 Å². The SMILES string of the molecule is O=S(=O)(NCc1cnn[nH]1)N1CCN(c2ccc(Cl)cn2)CC1. The lowest BCUT2D eigenvalue weighted by Gasteiger charge is -2.34. The minimum atomic E-state index is -3.53. The highest BCUT2D eigenvalue weighted by molar-refractivity contribution is 7.87. The van der Waals surface area contributed by atoms with Gasteiger partial charge >= 0.3 is 0 Å². The van der Waals surface area contributed by atoms with Crippen LogP contribution in [-0.4, -0.2) is 59.3 Å². The van der Waals surface area contributed by atoms with E-state index in [-0.39, 0.29) is 6.54 Å². The van der Waals surface area contributed by atoms with Crippen molar-refractivity contribution in [1.29, 1.82) is 0 Å². The first-order valence-electron chi connectivity index (χ1n) is 7.01. The fraction of sp³-hybridized carbons (Fsp3) is 0.417. The van der Waals surface area contributed by atoms with Crippen LogP contribution in [0.2, 0.25) is 5.02 Å². The van der Waals surface area contributed by atoms with Gasteiger partial charge in [-0.15, -0.1) is 5.10 Å². The molecule has 9 nitrogen and oxygen atoms in total. The topological polar surface area (TPSA) is 107 Å². The fourth-order valence-electron chi connectivity index (χ4n) is 2.28. The highest BCUT2D eigenvalue weighted by Crippen LogP contribution is 2.17. The molecule has 1 saturated heterocycles. The Morgan fingerprint density at radius 2 is 2.00 bits per heavy atom. The number of aromatic amines is 1. The molecule has 124 valence electrons. The molecule has 0 atom stereocenters. The zero-order valence-electron chi connectivity index (χ0n) is 12.2. The Kier molecular flexibility index (Phi) is 4.76. The van der Waals surface area contributed by atoms with Crippen molar-refractivity contribution in [3.63, 3.8) is 0 Å². The molecular formula is C12H16ClN7O2S. The second kappa shape index (κ2) is 6.79. The van der Waals surface area contributed by atoms with E-state index >= 15 is 0 Å². The molecule has 11 heteroatoms. The first-order chi connectivity index (χ1) is 11.0. The summed E-state index contributed by atoms with van der Waals surface area (Å²) in [5, 5.41) is 10.3. The van der Waals surface area contributed by atoms with Crippen LogP contribution in [0.4, 0.5) is 5.82 Å². The van der Waals surface area contributed by atoms with Crippen molar-refractivity contribution >= 4 is 27.6 Å². The number of nitrogens with zero attached hydrogens (tertiary/aromatic N) is 5. The van der Waals surface area contributed by atoms with Crippen molar-refractivity contribution in [1.82, 2.24) is 29.4 Å². The lowest BCUT2D eigenvalue weighted by atomic mass is 10.3. The number of nitrogens with one attached hydrogen (secondary N) is 2. The second-order valence-corrected chi connectivity index (χ2v) is 7.22. The number of pyridine rings is 1. The number of hydrogen-bond donors (Lipinski definition) is 2. The summed E-state index contributed by atoms with van der Waals surface area (Å²) in [4.78, 5) is 6.28. The molecule has 1 fully saturated rings. The average Bonchev–Trinajstić information content (AvgIpc) is 3.08. The Morgan fingerprint density at radius 1 is 1.22 bits per heavy atom. The summed E-state index contributed by atoms with van der Waals surface area (Å²) in [6.45, 7) is 2.05. The minimum absolute atomic E-state index is 0.133. The summed E-state index contributed by atoms with van der Waals surface area (Å²) < 4.78 is 28.5. The van der Waals surface area contributed by atoms with Crippen LogP contribution in [0, 0.1) is 0 Å². The van der Waals surface area contributed by atoms with Gasteiger partial charge in [-0.25, -0.2) is 4.98 Å². The molecule has 23 heavy (non-hydrogen) atoms. The zero-order chi connectivity index (χ0) is 16.3. The van der Waals surface area contributed by atoms with E-state index in [2.05, 4.69) is 25.1 Å². The normalized spacial score (nSPS) is 16.7. The summed E-state index contributed by atoms with van der Waals surface area (Å²) in [7, 11) is -3.53. The molecule has 0 radical (unpaired) electrons. The number of H-pyrrole nitrogens is 1. The number of rotatable bonds is 5. The van der Waals surface area contributed by atoms with Crippen LogP contribution in [0.3, 0.4) is 0 Å². The van der Waals surface area contributed by atoms with Crippen LogP contribution in [-0.2, 0) is 16.8 Å². The van der Waals surface area contributed by atoms with Gasteiger partial charge in [-0.2, -0.15) is 17.4 Å². The molecule has 2 aromatic rings. The third-order valence-electron chi connectivity index (χ3n) is 3.52. The van der Waals surface area contributed by atoms with Crippen LogP contribution >= 0.6 is 11.6 Å². The Hall–Kier alpha value is -1.75. The van der Waals surface area contributed by atoms with E-state index in [9.17, 15) is 8.42 Å². The Labute approximate surface area is 138 Å². The van der Waals surface area contributed by atoms with Crippen molar-refractivity contribution in [2.24, 2.45) is 0 Å². The Bertz CT molecular complexity index is 727. The summed E-state index contributed by atoms with van der Waals surface area (Å²) in [5.74, 6) is 0.794. The number of hydrogen-bond acceptors (Lipinski definition) is 6. The summed E-state index contributed by atoms with van der Waals surface area (Å²) in [6, 6.07) is 3.60. The molecule has 0 saturated carbocycles. The quantitative estimate of drug-likeness (QED) is 0.780. The van der Waals surface area contributed by atoms with Gasteiger partial charge in [0, 0.05) is 32.4 Å². The van der Waals surface area contributed by atoms with Gasteiger partial charge < -0.3 is 4.90 Å². The van der Waals surface area contributed by atoms with Gasteiger partial charge in [0.15, 0.2) is 0 Å². The maximum Gasteiger partial charge on any atom is 0.279 e. The zero-order valence-corrected chi connectivity index (χ0v) is 13.8. The molecule has 0 aliphatic carbocycles. The first-order valence-corrected chi connectivity index (χ1v) is 8.82. The van der Waals surface area contributed by atoms with E-state index in [1.807, 2.05) is 11.0 Å². The predicted octanol–water partition coefficient (Wildman–Crippen LogP) is 0.00970. The maximum absolute atomic E-state index is 12.3. The van der Waals surface area contributed by atoms with E-state index in [4.69, 9.17) is 11.6 Å². The maximum atomic E-state index is 12.3. The number of piperazine rings is 1. The van der Waals surface area contributed by atoms with Gasteiger partial charge in [0.05, 0.1) is 23.5 Å². The molecular weight excluding hydrogens is 342 g/mol. The van der Waals surface area contributed by atoms with Crippen LogP contribution in [0.15, 0.2) is 24.5 Å². The lowest BCUT2D eigenvalue weighted by molar-refractivity contribution is 0.377. The van der Waals surface area contributed by atoms with Crippen LogP contribution in [0.25, 0.3) is 0 Å². The fourth-order valence-corrected chi connectivity index (χ4v) is 3.55. The largest absolute Gasteiger partial charge is 0.354 e. The van der Waals surface area contributed by atoms with E-state index in [0.717, 1.165) is 5.82 Å². The van der Waals surface area contributed by atoms with Gasteiger partial charge in [-0.1, -0.05) is 16.8 Å². The molecule has 0 amide bonds. The van der Waals surface area contributed by atoms with Gasteiger partial charge in [0.2, 0.25) is 0 Å². The molecule has 2 N–H and O–H groups in total. The minimum Gasteiger partial charge on any atom is -0.354 e. The van der Waals surface area contributed by atoms with Crippen LogP contribution in [0.5, 0.6) is 0 Å². The summed E-state index contributed by atoms with van der Waals surface area (Å²) in [6.07, 6.45) is 3.06. The Balaban J connectivity index is 1.56. The summed E-state index contributed by atoms with van der Waals surface area (Å²) in [5.41, 5.74) is 0.609. The average molecular weight is 358 g/mol. The number of aromatic nitrogens is 4. The second-order valence-electron chi connectivity index (χ2n) is 5.03. The van der Waals surface area contributed by atoms with E-state index in [0.29, 0.717) is 36.9 Å². The van der Waals surface area contributed by atoms with Gasteiger partial charge in [0.1, 0.15) is 5.82 Å². The third-order valence-corrected chi connectivity index (χ3v) is 5.30. The van der Waals surface area contributed by atoms with Crippen LogP contribution < -0.4 is 9.62 Å². The van der Waals surface area contributed by atoms with Crippen molar-refractivity contribution < 1.29 is 8.42 Å². The van der Waals surface area contributed by atoms with Gasteiger partial charge in [0.25, 0.3) is 10.2 Å². The van der Waals surface area contributed by atoms with Crippen molar-refractivity contribution in [2.75, 3.05) is 31.1 Å². The Morgan fingerprint density at radius 3 is 2.61 bits per heavy atom. The summed E-state index contributed by atoms with van der Waals surface area (Å²) >= 11 is 5.82. The van der Waals surface area contributed by atoms with Crippen LogP contribution in [0.1, 0.15) is 5.69 Å². The predicted molar refractivity (Wildman–Crippen MR) is 85.2 cm³/mol. The van der Waals surface area contributed by atoms with E-state index in [1.165, 1.54) is 10.5 Å². The van der Waals surface area contributed by atoms with Crippen molar-refractivity contribution in [3.05, 3.63) is 35.2 Å². The van der Waals surface area contributed by atoms with Gasteiger partial charge in [-0.05, 0) is 12.1 Å². The highest BCUT2D eigenvalue weighted by atomic mass is 35.5. The molecule has 0 unspecified atom stereocenters. The van der Waals surface area contributed by atoms with Gasteiger partial charge in [-0.3, -0.25) is 5.10 Å². The highest BCUT2D eigenvalue weighted by Gasteiger charge is 2.27. The van der Waals surface area contributed by atoms with Crippen molar-refractivity contribution in [3.8, 4) is 0 Å². The molecule has 0 spiro atoms. The first kappa shape index (κ1) is 16.1. The standard InChI is InChI=1S/C12H16ClN7O2S/c13-10-1-2-12(14-7-10)19-3-5-20(6-4-19)23(21,22)16-9-11-8-15-18-17-11/h1-2,7-8,16H,3-6,9H2,(H,15,17,18). The molecule has 1 aliphatic heterocycles. The third kappa shape index (κ3) is 3.96. The molecule has 0 bridgehead atoms. The molecule has 2 aromatic heterocycles. The number of anilines is 1. The lowest BCUT2D eigenvalue weighted by Crippen LogP contribution is -2.52. The molecule has 3 heterocycles. The van der Waals surface area contributed by atoms with Crippen molar-refractivity contribution in [2.45, 2.75) is 6.54 Å². The smallest absolute Gasteiger partial charge is 0.279 e. The van der Waals surface area contributed by atoms with E-state index < -0.39 is 10.2 Å². The molecule has 3 rings (SSSR count). The molecule has 0 aromatic carbocycles. The molecule has 1 aliphatic rings. The number of halogens is 1.